The number of nitrogens with zero attached hydrogens (tertiary/aromatic N) is 3. The van der Waals surface area contributed by atoms with Gasteiger partial charge in [-0.05, 0) is 29.0 Å². The molecule has 3 aromatic rings. The summed E-state index contributed by atoms with van der Waals surface area (Å²) in [7, 11) is 1.75. The van der Waals surface area contributed by atoms with E-state index < -0.39 is 0 Å². The third-order valence-corrected chi connectivity index (χ3v) is 6.43. The van der Waals surface area contributed by atoms with Gasteiger partial charge in [0.15, 0.2) is 5.17 Å². The second kappa shape index (κ2) is 6.57. The first-order valence-electron chi connectivity index (χ1n) is 9.24. The van der Waals surface area contributed by atoms with Crippen LogP contribution >= 0.6 is 11.8 Å². The molecule has 0 saturated carbocycles. The van der Waals surface area contributed by atoms with Gasteiger partial charge in [-0.1, -0.05) is 55.1 Å². The predicted octanol–water partition coefficient (Wildman–Crippen LogP) is 4.83. The minimum absolute atomic E-state index is 0.0269. The van der Waals surface area contributed by atoms with Crippen molar-refractivity contribution in [2.45, 2.75) is 24.3 Å². The Balaban J connectivity index is 1.73. The molecule has 0 unspecified atom stereocenters. The zero-order chi connectivity index (χ0) is 18.4. The molecule has 5 rings (SSSR count). The smallest absolute Gasteiger partial charge is 0.160 e. The van der Waals surface area contributed by atoms with Gasteiger partial charge in [0.2, 0.25) is 0 Å². The molecule has 0 spiro atoms. The Morgan fingerprint density at radius 1 is 1.07 bits per heavy atom. The van der Waals surface area contributed by atoms with Gasteiger partial charge in [-0.3, -0.25) is 9.98 Å². The summed E-state index contributed by atoms with van der Waals surface area (Å²) >= 11 is 1.86. The van der Waals surface area contributed by atoms with Crippen LogP contribution < -0.4 is 4.74 Å². The molecule has 1 saturated heterocycles. The summed E-state index contributed by atoms with van der Waals surface area (Å²) in [5.74, 6) is 0.917. The molecular formula is C22H21N3OS. The van der Waals surface area contributed by atoms with Gasteiger partial charge in [0.1, 0.15) is 11.8 Å². The third kappa shape index (κ3) is 2.69. The average Bonchev–Trinajstić information content (AvgIpc) is 3.23. The molecule has 0 bridgehead atoms. The fourth-order valence-corrected chi connectivity index (χ4v) is 5.28. The maximum absolute atomic E-state index is 5.82. The predicted molar refractivity (Wildman–Crippen MR) is 111 cm³/mol. The van der Waals surface area contributed by atoms with Gasteiger partial charge in [-0.15, -0.1) is 0 Å². The quantitative estimate of drug-likeness (QED) is 0.657. The largest absolute Gasteiger partial charge is 0.496 e. The van der Waals surface area contributed by atoms with Crippen LogP contribution in [0, 0.1) is 0 Å². The number of methoxy groups -OCH3 is 1. The van der Waals surface area contributed by atoms with Crippen LogP contribution in [0.5, 0.6) is 5.75 Å². The standard InChI is InChI=1S/C22H21N3OS/c1-14-13-25-21(20(24-22(25)27-14)17-9-5-6-12-23-17)19-16-8-4-3-7-15(16)10-11-18(19)26-2/h3-12,14,20-21H,13H2,1-2H3/t14-,20+,21+/m0/s1. The molecule has 2 aliphatic heterocycles. The first kappa shape index (κ1) is 16.6. The van der Waals surface area contributed by atoms with Crippen LogP contribution in [0.2, 0.25) is 0 Å². The van der Waals surface area contributed by atoms with Gasteiger partial charge >= 0.3 is 0 Å². The Morgan fingerprint density at radius 2 is 1.93 bits per heavy atom. The van der Waals surface area contributed by atoms with Crippen LogP contribution in [0.25, 0.3) is 10.8 Å². The lowest BCUT2D eigenvalue weighted by molar-refractivity contribution is 0.310. The fraction of sp³-hybridized carbons (Fsp3) is 0.273. The van der Waals surface area contributed by atoms with E-state index in [0.717, 1.165) is 23.2 Å². The number of benzene rings is 2. The molecule has 2 aliphatic rings. The van der Waals surface area contributed by atoms with Crippen LogP contribution in [0.4, 0.5) is 0 Å². The highest BCUT2D eigenvalue weighted by atomic mass is 32.2. The van der Waals surface area contributed by atoms with E-state index in [4.69, 9.17) is 9.73 Å². The lowest BCUT2D eigenvalue weighted by Crippen LogP contribution is -2.29. The molecule has 0 N–H and O–H groups in total. The maximum atomic E-state index is 5.82. The number of ether oxygens (including phenoxy) is 1. The van der Waals surface area contributed by atoms with E-state index in [2.05, 4.69) is 59.3 Å². The van der Waals surface area contributed by atoms with E-state index in [1.165, 1.54) is 16.3 Å². The SMILES string of the molecule is COc1ccc2ccccc2c1[C@@H]1[C@@H](c2ccccn2)N=C2S[C@@H](C)CN21. The van der Waals surface area contributed by atoms with Crippen molar-refractivity contribution in [2.24, 2.45) is 4.99 Å². The maximum Gasteiger partial charge on any atom is 0.160 e. The van der Waals surface area contributed by atoms with Crippen LogP contribution in [-0.2, 0) is 0 Å². The van der Waals surface area contributed by atoms with Gasteiger partial charge in [0.05, 0.1) is 18.8 Å². The molecule has 0 amide bonds. The number of amidine groups is 1. The molecule has 4 nitrogen and oxygen atoms in total. The summed E-state index contributed by atoms with van der Waals surface area (Å²) in [6.45, 7) is 3.25. The molecule has 1 fully saturated rings. The van der Waals surface area contributed by atoms with Gasteiger partial charge in [0, 0.05) is 23.6 Å². The highest BCUT2D eigenvalue weighted by Gasteiger charge is 2.45. The van der Waals surface area contributed by atoms with Crippen molar-refractivity contribution >= 4 is 27.7 Å². The van der Waals surface area contributed by atoms with Crippen LogP contribution in [0.3, 0.4) is 0 Å². The Kier molecular flexibility index (Phi) is 4.05. The minimum atomic E-state index is -0.0269. The number of hydrogen-bond donors (Lipinski definition) is 0. The normalized spacial score (nSPS) is 24.1. The van der Waals surface area contributed by atoms with Crippen molar-refractivity contribution in [3.05, 3.63) is 72.1 Å². The first-order chi connectivity index (χ1) is 13.3. The number of hydrogen-bond acceptors (Lipinski definition) is 5. The van der Waals surface area contributed by atoms with Crippen LogP contribution in [0.15, 0.2) is 65.8 Å². The number of pyridine rings is 1. The summed E-state index contributed by atoms with van der Waals surface area (Å²) in [6, 6.07) is 18.9. The van der Waals surface area contributed by atoms with E-state index in [9.17, 15) is 0 Å². The highest BCUT2D eigenvalue weighted by Crippen LogP contribution is 2.51. The number of aromatic nitrogens is 1. The third-order valence-electron chi connectivity index (χ3n) is 5.33. The van der Waals surface area contributed by atoms with Crippen molar-refractivity contribution in [3.63, 3.8) is 0 Å². The Labute approximate surface area is 163 Å². The van der Waals surface area contributed by atoms with Gasteiger partial charge in [0.25, 0.3) is 0 Å². The van der Waals surface area contributed by atoms with E-state index in [0.29, 0.717) is 5.25 Å². The molecule has 2 aromatic carbocycles. The monoisotopic (exact) mass is 375 g/mol. The summed E-state index contributed by atoms with van der Waals surface area (Å²) in [5.41, 5.74) is 2.22. The van der Waals surface area contributed by atoms with Crippen molar-refractivity contribution in [2.75, 3.05) is 13.7 Å². The average molecular weight is 375 g/mol. The van der Waals surface area contributed by atoms with E-state index >= 15 is 0 Å². The molecule has 0 radical (unpaired) electrons. The Hall–Kier alpha value is -2.53. The molecule has 1 aromatic heterocycles. The molecule has 3 atom stereocenters. The van der Waals surface area contributed by atoms with Crippen molar-refractivity contribution in [1.29, 1.82) is 0 Å². The van der Waals surface area contributed by atoms with E-state index in [1.807, 2.05) is 30.1 Å². The number of fused-ring (bicyclic) bond motifs is 2. The zero-order valence-corrected chi connectivity index (χ0v) is 16.2. The van der Waals surface area contributed by atoms with Crippen molar-refractivity contribution in [3.8, 4) is 5.75 Å². The fourth-order valence-electron chi connectivity index (χ4n) is 4.19. The zero-order valence-electron chi connectivity index (χ0n) is 15.4. The second-order valence-corrected chi connectivity index (χ2v) is 8.45. The molecule has 0 aliphatic carbocycles. The summed E-state index contributed by atoms with van der Waals surface area (Å²) < 4.78 is 5.82. The number of rotatable bonds is 3. The highest BCUT2D eigenvalue weighted by molar-refractivity contribution is 8.14. The van der Waals surface area contributed by atoms with Gasteiger partial charge in [-0.2, -0.15) is 0 Å². The van der Waals surface area contributed by atoms with Gasteiger partial charge < -0.3 is 9.64 Å². The summed E-state index contributed by atoms with van der Waals surface area (Å²) in [4.78, 5) is 12.2. The summed E-state index contributed by atoms with van der Waals surface area (Å²) in [5, 5.41) is 4.11. The second-order valence-electron chi connectivity index (χ2n) is 7.04. The topological polar surface area (TPSA) is 37.7 Å². The van der Waals surface area contributed by atoms with Crippen LogP contribution in [-0.4, -0.2) is 34.0 Å². The Morgan fingerprint density at radius 3 is 2.74 bits per heavy atom. The lowest BCUT2D eigenvalue weighted by atomic mass is 9.91. The first-order valence-corrected chi connectivity index (χ1v) is 10.1. The van der Waals surface area contributed by atoms with Crippen LogP contribution in [0.1, 0.15) is 30.3 Å². The molecule has 5 heteroatoms. The molecule has 3 heterocycles. The molecule has 136 valence electrons. The van der Waals surface area contributed by atoms with Crippen molar-refractivity contribution in [1.82, 2.24) is 9.88 Å². The lowest BCUT2D eigenvalue weighted by Gasteiger charge is -2.29. The minimum Gasteiger partial charge on any atom is -0.496 e. The van der Waals surface area contributed by atoms with Gasteiger partial charge in [-0.25, -0.2) is 0 Å². The van der Waals surface area contributed by atoms with E-state index in [1.54, 1.807) is 7.11 Å². The molecule has 27 heavy (non-hydrogen) atoms. The number of thioether (sulfide) groups is 1. The molecular weight excluding hydrogens is 354 g/mol. The van der Waals surface area contributed by atoms with Crippen molar-refractivity contribution < 1.29 is 4.74 Å². The summed E-state index contributed by atoms with van der Waals surface area (Å²) in [6.07, 6.45) is 1.85. The van der Waals surface area contributed by atoms with E-state index in [-0.39, 0.29) is 12.1 Å². The number of aliphatic imine (C=N–C) groups is 1. The Bertz CT molecular complexity index is 1020.